The van der Waals surface area contributed by atoms with Crippen molar-refractivity contribution in [3.63, 3.8) is 0 Å². The van der Waals surface area contributed by atoms with Crippen LogP contribution in [0.25, 0.3) is 10.2 Å². The summed E-state index contributed by atoms with van der Waals surface area (Å²) in [7, 11) is 0. The molecule has 28 heavy (non-hydrogen) atoms. The van der Waals surface area contributed by atoms with Crippen molar-refractivity contribution in [2.75, 3.05) is 19.8 Å². The van der Waals surface area contributed by atoms with Gasteiger partial charge in [-0.3, -0.25) is 4.79 Å². The van der Waals surface area contributed by atoms with Crippen molar-refractivity contribution in [3.8, 4) is 0 Å². The number of ketones is 1. The second kappa shape index (κ2) is 9.53. The third kappa shape index (κ3) is 4.73. The Bertz CT molecular complexity index is 1020. The van der Waals surface area contributed by atoms with Gasteiger partial charge in [0, 0.05) is 21.1 Å². The van der Waals surface area contributed by atoms with E-state index in [1.165, 1.54) is 29.2 Å². The molecule has 4 nitrogen and oxygen atoms in total. The van der Waals surface area contributed by atoms with Crippen LogP contribution in [0.1, 0.15) is 21.5 Å². The predicted octanol–water partition coefficient (Wildman–Crippen LogP) is 5.13. The highest BCUT2D eigenvalue weighted by Gasteiger charge is 2.21. The molecule has 0 aliphatic heterocycles. The van der Waals surface area contributed by atoms with Crippen molar-refractivity contribution in [1.82, 2.24) is 4.98 Å². The highest BCUT2D eigenvalue weighted by atomic mass is 127. The molecule has 8 heteroatoms. The van der Waals surface area contributed by atoms with Gasteiger partial charge in [0.2, 0.25) is 0 Å². The number of ether oxygens (including phenoxy) is 2. The Balaban J connectivity index is 1.92. The summed E-state index contributed by atoms with van der Waals surface area (Å²) in [6.45, 7) is 3.65. The fourth-order valence-electron chi connectivity index (χ4n) is 2.71. The normalized spacial score (nSPS) is 11.0. The minimum Gasteiger partial charge on any atom is -0.499 e. The Labute approximate surface area is 178 Å². The zero-order valence-corrected chi connectivity index (χ0v) is 17.7. The lowest BCUT2D eigenvalue weighted by atomic mass is 9.96. The van der Waals surface area contributed by atoms with Crippen LogP contribution in [0.3, 0.4) is 0 Å². The van der Waals surface area contributed by atoms with E-state index in [0.29, 0.717) is 10.3 Å². The second-order valence-electron chi connectivity index (χ2n) is 5.84. The lowest BCUT2D eigenvalue weighted by Gasteiger charge is -2.12. The van der Waals surface area contributed by atoms with Gasteiger partial charge in [-0.2, -0.15) is 0 Å². The van der Waals surface area contributed by atoms with Crippen LogP contribution in [0.5, 0.6) is 0 Å². The zero-order valence-electron chi connectivity index (χ0n) is 14.7. The van der Waals surface area contributed by atoms with Gasteiger partial charge in [0.25, 0.3) is 0 Å². The van der Waals surface area contributed by atoms with E-state index in [9.17, 15) is 9.18 Å². The van der Waals surface area contributed by atoms with E-state index in [-0.39, 0.29) is 48.7 Å². The van der Waals surface area contributed by atoms with Gasteiger partial charge >= 0.3 is 0 Å². The standard InChI is InChI=1S/C20H16F2INO3S/c1-2-26-5-6-27-10-17(25)14-9-18-20(24-11-28-18)19(22)15(14)7-12-3-4-13(23)8-16(12)21/h2-4,8-9,11H,1,5-7,10H2. The van der Waals surface area contributed by atoms with Gasteiger partial charge < -0.3 is 9.47 Å². The Hall–Kier alpha value is -1.91. The third-order valence-electron chi connectivity index (χ3n) is 4.05. The van der Waals surface area contributed by atoms with Crippen molar-refractivity contribution < 1.29 is 23.0 Å². The molecule has 0 fully saturated rings. The van der Waals surface area contributed by atoms with E-state index in [4.69, 9.17) is 9.47 Å². The quantitative estimate of drug-likeness (QED) is 0.172. The average molecular weight is 515 g/mol. The number of rotatable bonds is 9. The SMILES string of the molecule is C=COCCOCC(=O)c1cc2scnc2c(F)c1Cc1ccc(I)cc1F. The Kier molecular flexibility index (Phi) is 7.08. The van der Waals surface area contributed by atoms with Crippen molar-refractivity contribution in [2.45, 2.75) is 6.42 Å². The third-order valence-corrected chi connectivity index (χ3v) is 5.49. The Morgan fingerprint density at radius 1 is 1.29 bits per heavy atom. The van der Waals surface area contributed by atoms with Gasteiger partial charge in [0.05, 0.1) is 23.1 Å². The van der Waals surface area contributed by atoms with Gasteiger partial charge in [-0.25, -0.2) is 13.8 Å². The molecule has 0 saturated heterocycles. The maximum absolute atomic E-state index is 15.1. The molecule has 0 spiro atoms. The van der Waals surface area contributed by atoms with E-state index in [1.807, 2.05) is 22.6 Å². The number of hydrogen-bond donors (Lipinski definition) is 0. The lowest BCUT2D eigenvalue weighted by molar-refractivity contribution is 0.0638. The van der Waals surface area contributed by atoms with Gasteiger partial charge in [-0.15, -0.1) is 11.3 Å². The predicted molar refractivity (Wildman–Crippen MR) is 113 cm³/mol. The second-order valence-corrected chi connectivity index (χ2v) is 7.97. The molecule has 3 aromatic rings. The molecule has 0 atom stereocenters. The monoisotopic (exact) mass is 515 g/mol. The molecule has 146 valence electrons. The number of aromatic nitrogens is 1. The molecule has 2 aromatic carbocycles. The summed E-state index contributed by atoms with van der Waals surface area (Å²) in [5.74, 6) is -1.43. The lowest BCUT2D eigenvalue weighted by Crippen LogP contribution is -2.15. The molecule has 0 aliphatic rings. The summed E-state index contributed by atoms with van der Waals surface area (Å²) in [4.78, 5) is 16.7. The fraction of sp³-hybridized carbons (Fsp3) is 0.200. The van der Waals surface area contributed by atoms with Crippen LogP contribution >= 0.6 is 33.9 Å². The largest absolute Gasteiger partial charge is 0.499 e. The first-order valence-electron chi connectivity index (χ1n) is 8.33. The summed E-state index contributed by atoms with van der Waals surface area (Å²) < 4.78 is 40.9. The van der Waals surface area contributed by atoms with Crippen LogP contribution in [0.4, 0.5) is 8.78 Å². The number of nitrogens with zero attached hydrogens (tertiary/aromatic N) is 1. The van der Waals surface area contributed by atoms with E-state index >= 15 is 4.39 Å². The minimum absolute atomic E-state index is 0.0529. The van der Waals surface area contributed by atoms with Crippen molar-refractivity contribution >= 4 is 49.9 Å². The fourth-order valence-corrected chi connectivity index (χ4v) is 3.88. The number of benzene rings is 2. The molecule has 1 heterocycles. The first-order chi connectivity index (χ1) is 13.5. The topological polar surface area (TPSA) is 48.4 Å². The van der Waals surface area contributed by atoms with Crippen molar-refractivity contribution in [1.29, 1.82) is 0 Å². The molecular formula is C20H16F2INO3S. The molecule has 0 N–H and O–H groups in total. The first-order valence-corrected chi connectivity index (χ1v) is 10.3. The molecular weight excluding hydrogens is 499 g/mol. The van der Waals surface area contributed by atoms with E-state index < -0.39 is 11.6 Å². The molecule has 0 bridgehead atoms. The van der Waals surface area contributed by atoms with Crippen LogP contribution in [0, 0.1) is 15.2 Å². The molecule has 1 aromatic heterocycles. The van der Waals surface area contributed by atoms with Gasteiger partial charge in [-0.05, 0) is 46.4 Å². The molecule has 0 saturated carbocycles. The van der Waals surface area contributed by atoms with E-state index in [2.05, 4.69) is 11.6 Å². The number of carbonyl (C=O) groups excluding carboxylic acids is 1. The molecule has 0 radical (unpaired) electrons. The van der Waals surface area contributed by atoms with Gasteiger partial charge in [0.1, 0.15) is 24.5 Å². The Morgan fingerprint density at radius 2 is 2.11 bits per heavy atom. The van der Waals surface area contributed by atoms with Crippen LogP contribution in [0.2, 0.25) is 0 Å². The van der Waals surface area contributed by atoms with Crippen molar-refractivity contribution in [3.05, 3.63) is 74.5 Å². The van der Waals surface area contributed by atoms with Crippen LogP contribution in [-0.4, -0.2) is 30.6 Å². The van der Waals surface area contributed by atoms with Crippen molar-refractivity contribution in [2.24, 2.45) is 0 Å². The first kappa shape index (κ1) is 20.8. The number of hydrogen-bond acceptors (Lipinski definition) is 5. The molecule has 0 aliphatic carbocycles. The van der Waals surface area contributed by atoms with Crippen LogP contribution in [-0.2, 0) is 15.9 Å². The Morgan fingerprint density at radius 3 is 2.86 bits per heavy atom. The van der Waals surface area contributed by atoms with E-state index in [1.54, 1.807) is 18.2 Å². The molecule has 0 unspecified atom stereocenters. The summed E-state index contributed by atoms with van der Waals surface area (Å²) in [6.07, 6.45) is 1.23. The average Bonchev–Trinajstić information content (AvgIpc) is 3.14. The van der Waals surface area contributed by atoms with Crippen LogP contribution in [0.15, 0.2) is 42.6 Å². The summed E-state index contributed by atoms with van der Waals surface area (Å²) in [5.41, 5.74) is 2.30. The van der Waals surface area contributed by atoms with Crippen LogP contribution < -0.4 is 0 Å². The highest BCUT2D eigenvalue weighted by Crippen LogP contribution is 2.29. The highest BCUT2D eigenvalue weighted by molar-refractivity contribution is 14.1. The molecule has 3 rings (SSSR count). The maximum Gasteiger partial charge on any atom is 0.188 e. The number of Topliss-reactive ketones (excluding diaryl/α,β-unsaturated/α-hetero) is 1. The minimum atomic E-state index is -0.602. The van der Waals surface area contributed by atoms with Gasteiger partial charge in [-0.1, -0.05) is 12.6 Å². The maximum atomic E-state index is 15.1. The number of carbonyl (C=O) groups is 1. The summed E-state index contributed by atoms with van der Waals surface area (Å²) >= 11 is 3.24. The zero-order chi connectivity index (χ0) is 20.1. The summed E-state index contributed by atoms with van der Waals surface area (Å²) in [6, 6.07) is 6.31. The number of halogens is 3. The number of fused-ring (bicyclic) bond motifs is 1. The van der Waals surface area contributed by atoms with Gasteiger partial charge in [0.15, 0.2) is 11.6 Å². The molecule has 0 amide bonds. The number of thiazole rings is 1. The van der Waals surface area contributed by atoms with E-state index in [0.717, 1.165) is 3.57 Å². The summed E-state index contributed by atoms with van der Waals surface area (Å²) in [5, 5.41) is 0. The smallest absolute Gasteiger partial charge is 0.188 e.